The second kappa shape index (κ2) is 11.4. The van der Waals surface area contributed by atoms with Crippen molar-refractivity contribution < 1.29 is 37.1 Å². The summed E-state index contributed by atoms with van der Waals surface area (Å²) in [6.45, 7) is 3.62. The van der Waals surface area contributed by atoms with E-state index in [1.54, 1.807) is 26.0 Å². The third-order valence-corrected chi connectivity index (χ3v) is 8.38. The van der Waals surface area contributed by atoms with E-state index in [1.165, 1.54) is 34.1 Å². The minimum Gasteiger partial charge on any atom is -0.391 e. The van der Waals surface area contributed by atoms with Crippen LogP contribution in [0.2, 0.25) is 0 Å². The standard InChI is InChI=1S/C29H28F4N4O4S/c1-15(2)23(37-12-18-7-8-19(30)9-21(18)27(37)40)28(41)36-13-20(38)10-22(36)26(39)34-11-16-3-5-17(6-4-16)24-25(29(31,32)33)35-14-42-24/h3-9,14-15,20,22-23,38H,10-13H2,1-2H3,(H,34,39)/t20-,22+,23+/m1/s1. The molecule has 222 valence electrons. The maximum absolute atomic E-state index is 13.8. The van der Waals surface area contributed by atoms with Crippen molar-refractivity contribution in [3.8, 4) is 10.4 Å². The van der Waals surface area contributed by atoms with Gasteiger partial charge in [-0.05, 0) is 34.7 Å². The Bertz CT molecular complexity index is 1510. The van der Waals surface area contributed by atoms with E-state index < -0.39 is 53.6 Å². The summed E-state index contributed by atoms with van der Waals surface area (Å²) >= 11 is 0.881. The first-order valence-electron chi connectivity index (χ1n) is 13.3. The van der Waals surface area contributed by atoms with E-state index in [0.29, 0.717) is 16.7 Å². The number of aromatic nitrogens is 1. The quantitative estimate of drug-likeness (QED) is 0.393. The largest absolute Gasteiger partial charge is 0.434 e. The average Bonchev–Trinajstić information content (AvgIpc) is 3.66. The summed E-state index contributed by atoms with van der Waals surface area (Å²) in [7, 11) is 0. The Labute approximate surface area is 243 Å². The van der Waals surface area contributed by atoms with Gasteiger partial charge in [0.2, 0.25) is 11.8 Å². The molecule has 3 heterocycles. The number of carbonyl (C=O) groups is 3. The van der Waals surface area contributed by atoms with Crippen LogP contribution in [0.5, 0.6) is 0 Å². The fourth-order valence-corrected chi connectivity index (χ4v) is 6.32. The minimum atomic E-state index is -4.57. The smallest absolute Gasteiger partial charge is 0.391 e. The Kier molecular flexibility index (Phi) is 8.08. The van der Waals surface area contributed by atoms with Crippen molar-refractivity contribution in [1.82, 2.24) is 20.1 Å². The van der Waals surface area contributed by atoms with Crippen molar-refractivity contribution in [3.63, 3.8) is 0 Å². The molecule has 0 radical (unpaired) electrons. The van der Waals surface area contributed by atoms with Crippen LogP contribution in [0.4, 0.5) is 17.6 Å². The number of benzene rings is 2. The minimum absolute atomic E-state index is 0.00314. The second-order valence-electron chi connectivity index (χ2n) is 10.8. The summed E-state index contributed by atoms with van der Waals surface area (Å²) in [5.41, 5.74) is 1.94. The van der Waals surface area contributed by atoms with Gasteiger partial charge in [0, 0.05) is 31.6 Å². The number of nitrogens with zero attached hydrogens (tertiary/aromatic N) is 3. The molecule has 3 atom stereocenters. The highest BCUT2D eigenvalue weighted by Gasteiger charge is 2.46. The van der Waals surface area contributed by atoms with Gasteiger partial charge in [0.15, 0.2) is 5.69 Å². The van der Waals surface area contributed by atoms with Crippen molar-refractivity contribution in [1.29, 1.82) is 0 Å². The first-order valence-corrected chi connectivity index (χ1v) is 14.2. The van der Waals surface area contributed by atoms with Crippen LogP contribution in [0.3, 0.4) is 0 Å². The molecule has 2 aliphatic heterocycles. The van der Waals surface area contributed by atoms with E-state index in [9.17, 15) is 37.1 Å². The maximum atomic E-state index is 13.8. The van der Waals surface area contributed by atoms with Gasteiger partial charge < -0.3 is 20.2 Å². The molecule has 13 heteroatoms. The van der Waals surface area contributed by atoms with Gasteiger partial charge in [0.05, 0.1) is 16.5 Å². The topological polar surface area (TPSA) is 103 Å². The molecule has 0 saturated carbocycles. The number of halogens is 4. The van der Waals surface area contributed by atoms with Crippen LogP contribution >= 0.6 is 11.3 Å². The average molecular weight is 605 g/mol. The zero-order valence-electron chi connectivity index (χ0n) is 22.7. The van der Waals surface area contributed by atoms with E-state index in [1.807, 2.05) is 0 Å². The van der Waals surface area contributed by atoms with Gasteiger partial charge in [0.25, 0.3) is 5.91 Å². The molecule has 2 aliphatic rings. The number of fused-ring (bicyclic) bond motifs is 1. The lowest BCUT2D eigenvalue weighted by Gasteiger charge is -2.35. The third kappa shape index (κ3) is 5.75. The first kappa shape index (κ1) is 29.6. The van der Waals surface area contributed by atoms with Crippen LogP contribution in [0.1, 0.15) is 47.4 Å². The first-order chi connectivity index (χ1) is 19.8. The normalized spacial score (nSPS) is 19.4. The Balaban J connectivity index is 1.27. The van der Waals surface area contributed by atoms with Crippen molar-refractivity contribution >= 4 is 29.1 Å². The fraction of sp³-hybridized carbons (Fsp3) is 0.379. The van der Waals surface area contributed by atoms with Crippen LogP contribution in [-0.2, 0) is 28.9 Å². The highest BCUT2D eigenvalue weighted by molar-refractivity contribution is 7.13. The number of aliphatic hydroxyl groups is 1. The van der Waals surface area contributed by atoms with Crippen LogP contribution in [0, 0.1) is 11.7 Å². The summed E-state index contributed by atoms with van der Waals surface area (Å²) in [6, 6.07) is 8.21. The van der Waals surface area contributed by atoms with E-state index in [-0.39, 0.29) is 42.4 Å². The molecular formula is C29H28F4N4O4S. The number of hydrogen-bond donors (Lipinski definition) is 2. The monoisotopic (exact) mass is 604 g/mol. The van der Waals surface area contributed by atoms with Crippen molar-refractivity contribution in [2.24, 2.45) is 5.92 Å². The number of likely N-dealkylation sites (tertiary alicyclic amines) is 1. The molecule has 3 aromatic rings. The number of β-amino-alcohol motifs (C(OH)–C–C–N with tert-alkyl or cyclic N) is 1. The van der Waals surface area contributed by atoms with Gasteiger partial charge in [-0.1, -0.05) is 44.2 Å². The Hall–Kier alpha value is -3.84. The van der Waals surface area contributed by atoms with Gasteiger partial charge in [-0.15, -0.1) is 11.3 Å². The Morgan fingerprint density at radius 2 is 1.88 bits per heavy atom. The lowest BCUT2D eigenvalue weighted by Crippen LogP contribution is -2.55. The molecule has 8 nitrogen and oxygen atoms in total. The van der Waals surface area contributed by atoms with Crippen LogP contribution in [-0.4, -0.2) is 62.3 Å². The summed E-state index contributed by atoms with van der Waals surface area (Å²) in [5.74, 6) is -2.36. The number of carbonyl (C=O) groups excluding carboxylic acids is 3. The molecule has 0 bridgehead atoms. The molecule has 5 rings (SSSR count). The summed E-state index contributed by atoms with van der Waals surface area (Å²) < 4.78 is 53.4. The third-order valence-electron chi connectivity index (χ3n) is 7.51. The molecule has 1 fully saturated rings. The summed E-state index contributed by atoms with van der Waals surface area (Å²) in [5, 5.41) is 13.1. The lowest BCUT2D eigenvalue weighted by atomic mass is 10.0. The van der Waals surface area contributed by atoms with Crippen molar-refractivity contribution in [3.05, 3.63) is 76.2 Å². The Morgan fingerprint density at radius 1 is 1.17 bits per heavy atom. The number of thiazole rings is 1. The van der Waals surface area contributed by atoms with Crippen LogP contribution in [0.15, 0.2) is 48.0 Å². The lowest BCUT2D eigenvalue weighted by molar-refractivity contribution is -0.143. The molecule has 0 spiro atoms. The zero-order valence-corrected chi connectivity index (χ0v) is 23.5. The Morgan fingerprint density at radius 3 is 2.55 bits per heavy atom. The van der Waals surface area contributed by atoms with Gasteiger partial charge in [-0.3, -0.25) is 14.4 Å². The van der Waals surface area contributed by atoms with Gasteiger partial charge in [-0.25, -0.2) is 9.37 Å². The summed E-state index contributed by atoms with van der Waals surface area (Å²) in [6.07, 6.45) is -5.51. The molecule has 42 heavy (non-hydrogen) atoms. The molecule has 0 unspecified atom stereocenters. The summed E-state index contributed by atoms with van der Waals surface area (Å²) in [4.78, 5) is 46.2. The number of rotatable bonds is 7. The zero-order chi connectivity index (χ0) is 30.3. The maximum Gasteiger partial charge on any atom is 0.434 e. The van der Waals surface area contributed by atoms with Gasteiger partial charge in [-0.2, -0.15) is 13.2 Å². The predicted molar refractivity (Wildman–Crippen MR) is 145 cm³/mol. The van der Waals surface area contributed by atoms with Crippen LogP contribution in [0.25, 0.3) is 10.4 Å². The highest BCUT2D eigenvalue weighted by Crippen LogP contribution is 2.38. The predicted octanol–water partition coefficient (Wildman–Crippen LogP) is 4.23. The fourth-order valence-electron chi connectivity index (χ4n) is 5.51. The molecule has 1 saturated heterocycles. The molecule has 2 N–H and O–H groups in total. The van der Waals surface area contributed by atoms with Crippen molar-refractivity contribution in [2.75, 3.05) is 6.54 Å². The molecule has 0 aliphatic carbocycles. The SMILES string of the molecule is CC(C)[C@@H](C(=O)N1C[C@H](O)C[C@H]1C(=O)NCc1ccc(-c2scnc2C(F)(F)F)cc1)N1Cc2ccc(F)cc2C1=O. The van der Waals surface area contributed by atoms with E-state index in [0.717, 1.165) is 22.9 Å². The number of amides is 3. The number of nitrogens with one attached hydrogen (secondary N) is 1. The van der Waals surface area contributed by atoms with Gasteiger partial charge >= 0.3 is 6.18 Å². The van der Waals surface area contributed by atoms with E-state index in [2.05, 4.69) is 10.3 Å². The van der Waals surface area contributed by atoms with E-state index in [4.69, 9.17) is 0 Å². The van der Waals surface area contributed by atoms with Crippen molar-refractivity contribution in [2.45, 2.75) is 57.7 Å². The number of aliphatic hydroxyl groups excluding tert-OH is 1. The number of hydrogen-bond acceptors (Lipinski definition) is 6. The second-order valence-corrected chi connectivity index (χ2v) is 11.6. The number of alkyl halides is 3. The molecule has 3 amide bonds. The molecule has 1 aromatic heterocycles. The van der Waals surface area contributed by atoms with Gasteiger partial charge in [0.1, 0.15) is 17.9 Å². The highest BCUT2D eigenvalue weighted by atomic mass is 32.1. The van der Waals surface area contributed by atoms with Crippen LogP contribution < -0.4 is 5.32 Å². The van der Waals surface area contributed by atoms with E-state index >= 15 is 0 Å². The molecule has 2 aromatic carbocycles. The molecular weight excluding hydrogens is 576 g/mol.